The molecule has 1 aliphatic heterocycles. The maximum atomic E-state index is 12.3. The molecule has 128 valence electrons. The Kier molecular flexibility index (Phi) is 4.54. The first-order chi connectivity index (χ1) is 11.9. The fourth-order valence-corrected chi connectivity index (χ4v) is 2.92. The molecule has 2 aromatic rings. The van der Waals surface area contributed by atoms with Crippen molar-refractivity contribution in [1.82, 2.24) is 4.90 Å². The molecule has 3 rings (SSSR count). The van der Waals surface area contributed by atoms with Gasteiger partial charge in [0.25, 0.3) is 23.5 Å². The number of thioether (sulfide) groups is 1. The van der Waals surface area contributed by atoms with E-state index >= 15 is 0 Å². The fraction of sp³-hybridized carbons (Fsp3) is 0.118. The molecule has 0 aliphatic carbocycles. The van der Waals surface area contributed by atoms with Crippen molar-refractivity contribution in [1.29, 1.82) is 0 Å². The van der Waals surface area contributed by atoms with Crippen molar-refractivity contribution in [3.63, 3.8) is 0 Å². The number of amides is 3. The second-order valence-electron chi connectivity index (χ2n) is 5.29. The van der Waals surface area contributed by atoms with Gasteiger partial charge in [-0.2, -0.15) is 8.78 Å². The predicted octanol–water partition coefficient (Wildman–Crippen LogP) is 3.48. The Morgan fingerprint density at radius 3 is 2.32 bits per heavy atom. The number of nitrogens with zero attached hydrogens (tertiary/aromatic N) is 1. The number of benzene rings is 2. The van der Waals surface area contributed by atoms with E-state index in [1.807, 2.05) is 0 Å². The molecular formula is C17H12F2N2O3S. The number of hydrogen-bond acceptors (Lipinski definition) is 4. The van der Waals surface area contributed by atoms with Crippen molar-refractivity contribution in [2.45, 2.75) is 10.7 Å². The van der Waals surface area contributed by atoms with Gasteiger partial charge in [0.05, 0.1) is 11.1 Å². The Labute approximate surface area is 146 Å². The van der Waals surface area contributed by atoms with Gasteiger partial charge in [0, 0.05) is 23.2 Å². The molecule has 0 atom stereocenters. The summed E-state index contributed by atoms with van der Waals surface area (Å²) in [5.41, 5.74) is 1.10. The van der Waals surface area contributed by atoms with Gasteiger partial charge in [-0.3, -0.25) is 19.3 Å². The summed E-state index contributed by atoms with van der Waals surface area (Å²) in [5.74, 6) is -3.83. The normalized spacial score (nSPS) is 13.4. The van der Waals surface area contributed by atoms with Crippen LogP contribution in [0.3, 0.4) is 0 Å². The van der Waals surface area contributed by atoms with E-state index in [0.717, 1.165) is 4.90 Å². The van der Waals surface area contributed by atoms with Crippen LogP contribution in [0.5, 0.6) is 0 Å². The zero-order valence-corrected chi connectivity index (χ0v) is 13.8. The van der Waals surface area contributed by atoms with E-state index in [1.165, 1.54) is 49.5 Å². The molecule has 0 saturated heterocycles. The summed E-state index contributed by atoms with van der Waals surface area (Å²) < 4.78 is 24.6. The van der Waals surface area contributed by atoms with Crippen molar-refractivity contribution in [3.8, 4) is 0 Å². The second-order valence-corrected chi connectivity index (χ2v) is 6.35. The van der Waals surface area contributed by atoms with Crippen LogP contribution < -0.4 is 5.32 Å². The van der Waals surface area contributed by atoms with Crippen molar-refractivity contribution in [3.05, 3.63) is 59.2 Å². The number of carbonyl (C=O) groups excluding carboxylic acids is 3. The molecule has 0 saturated carbocycles. The van der Waals surface area contributed by atoms with Gasteiger partial charge in [-0.1, -0.05) is 11.8 Å². The van der Waals surface area contributed by atoms with Gasteiger partial charge in [0.15, 0.2) is 0 Å². The summed E-state index contributed by atoms with van der Waals surface area (Å²) in [6.45, 7) is 0. The molecule has 0 bridgehead atoms. The number of anilines is 1. The van der Waals surface area contributed by atoms with Crippen molar-refractivity contribution in [2.24, 2.45) is 0 Å². The number of hydrogen-bond donors (Lipinski definition) is 1. The maximum Gasteiger partial charge on any atom is 0.288 e. The molecule has 0 fully saturated rings. The van der Waals surface area contributed by atoms with Gasteiger partial charge in [-0.15, -0.1) is 0 Å². The fourth-order valence-electron chi connectivity index (χ4n) is 2.43. The lowest BCUT2D eigenvalue weighted by Crippen LogP contribution is -2.24. The number of imide groups is 1. The minimum absolute atomic E-state index is 0.184. The number of carbonyl (C=O) groups is 3. The Morgan fingerprint density at radius 1 is 1.04 bits per heavy atom. The number of halogens is 2. The third-order valence-corrected chi connectivity index (χ3v) is 4.41. The smallest absolute Gasteiger partial charge is 0.288 e. The number of alkyl halides is 2. The SMILES string of the molecule is CN1C(=O)c2ccc(C(=O)Nc3ccc(SC(F)F)cc3)cc2C1=O. The van der Waals surface area contributed by atoms with E-state index in [4.69, 9.17) is 0 Å². The van der Waals surface area contributed by atoms with Crippen LogP contribution in [0, 0.1) is 0 Å². The van der Waals surface area contributed by atoms with Gasteiger partial charge in [-0.25, -0.2) is 0 Å². The average molecular weight is 362 g/mol. The summed E-state index contributed by atoms with van der Waals surface area (Å²) in [6.07, 6.45) is 0. The number of nitrogens with one attached hydrogen (secondary N) is 1. The third-order valence-electron chi connectivity index (χ3n) is 3.69. The van der Waals surface area contributed by atoms with Crippen molar-refractivity contribution < 1.29 is 23.2 Å². The van der Waals surface area contributed by atoms with Gasteiger partial charge < -0.3 is 5.32 Å². The molecule has 1 heterocycles. The minimum Gasteiger partial charge on any atom is -0.322 e. The molecule has 0 aromatic heterocycles. The first-order valence-electron chi connectivity index (χ1n) is 7.19. The Morgan fingerprint density at radius 2 is 1.68 bits per heavy atom. The molecule has 2 aromatic carbocycles. The quantitative estimate of drug-likeness (QED) is 0.668. The summed E-state index contributed by atoms with van der Waals surface area (Å²) in [7, 11) is 1.38. The minimum atomic E-state index is -2.51. The van der Waals surface area contributed by atoms with Gasteiger partial charge in [-0.05, 0) is 42.5 Å². The lowest BCUT2D eigenvalue weighted by molar-refractivity contribution is 0.0693. The molecule has 5 nitrogen and oxygen atoms in total. The van der Waals surface area contributed by atoms with E-state index in [9.17, 15) is 23.2 Å². The van der Waals surface area contributed by atoms with Crippen molar-refractivity contribution in [2.75, 3.05) is 12.4 Å². The van der Waals surface area contributed by atoms with E-state index in [2.05, 4.69) is 5.32 Å². The molecule has 0 spiro atoms. The third kappa shape index (κ3) is 3.39. The highest BCUT2D eigenvalue weighted by Gasteiger charge is 2.33. The van der Waals surface area contributed by atoms with E-state index < -0.39 is 23.5 Å². The Bertz CT molecular complexity index is 869. The van der Waals surface area contributed by atoms with Gasteiger partial charge in [0.1, 0.15) is 0 Å². The first kappa shape index (κ1) is 17.1. The number of fused-ring (bicyclic) bond motifs is 1. The summed E-state index contributed by atoms with van der Waals surface area (Å²) in [6, 6.07) is 10.3. The molecule has 3 amide bonds. The summed E-state index contributed by atoms with van der Waals surface area (Å²) >= 11 is 0.416. The second kappa shape index (κ2) is 6.64. The first-order valence-corrected chi connectivity index (χ1v) is 8.07. The highest BCUT2D eigenvalue weighted by molar-refractivity contribution is 7.99. The largest absolute Gasteiger partial charge is 0.322 e. The molecule has 1 N–H and O–H groups in total. The monoisotopic (exact) mass is 362 g/mol. The summed E-state index contributed by atoms with van der Waals surface area (Å²) in [4.78, 5) is 37.5. The van der Waals surface area contributed by atoms with Crippen LogP contribution in [0.4, 0.5) is 14.5 Å². The molecular weight excluding hydrogens is 350 g/mol. The Balaban J connectivity index is 1.76. The van der Waals surface area contributed by atoms with Gasteiger partial charge in [0.2, 0.25) is 0 Å². The van der Waals surface area contributed by atoms with E-state index in [0.29, 0.717) is 22.3 Å². The molecule has 8 heteroatoms. The van der Waals surface area contributed by atoms with Crippen LogP contribution in [-0.4, -0.2) is 35.4 Å². The van der Waals surface area contributed by atoms with Crippen LogP contribution in [-0.2, 0) is 0 Å². The molecule has 1 aliphatic rings. The van der Waals surface area contributed by atoms with Gasteiger partial charge >= 0.3 is 0 Å². The zero-order valence-electron chi connectivity index (χ0n) is 13.0. The predicted molar refractivity (Wildman–Crippen MR) is 89.1 cm³/mol. The lowest BCUT2D eigenvalue weighted by Gasteiger charge is -2.07. The highest BCUT2D eigenvalue weighted by atomic mass is 32.2. The highest BCUT2D eigenvalue weighted by Crippen LogP contribution is 2.27. The van der Waals surface area contributed by atoms with E-state index in [1.54, 1.807) is 0 Å². The number of rotatable bonds is 4. The Hall–Kier alpha value is -2.74. The lowest BCUT2D eigenvalue weighted by atomic mass is 10.1. The van der Waals surface area contributed by atoms with Crippen LogP contribution in [0.1, 0.15) is 31.1 Å². The average Bonchev–Trinajstić information content (AvgIpc) is 2.80. The molecule has 0 unspecified atom stereocenters. The summed E-state index contributed by atoms with van der Waals surface area (Å²) in [5, 5.41) is 2.62. The molecule has 0 radical (unpaired) electrons. The molecule has 25 heavy (non-hydrogen) atoms. The van der Waals surface area contributed by atoms with E-state index in [-0.39, 0.29) is 16.7 Å². The van der Waals surface area contributed by atoms with Crippen LogP contribution in [0.15, 0.2) is 47.4 Å². The van der Waals surface area contributed by atoms with Crippen molar-refractivity contribution >= 4 is 35.2 Å². The van der Waals surface area contributed by atoms with Crippen LogP contribution in [0.25, 0.3) is 0 Å². The zero-order chi connectivity index (χ0) is 18.1. The van der Waals surface area contributed by atoms with Crippen LogP contribution >= 0.6 is 11.8 Å². The maximum absolute atomic E-state index is 12.3. The van der Waals surface area contributed by atoms with Crippen LogP contribution in [0.2, 0.25) is 0 Å². The topological polar surface area (TPSA) is 66.5 Å². The standard InChI is InChI=1S/C17H12F2N2O3S/c1-21-15(23)12-7-2-9(8-13(12)16(21)24)14(22)20-10-3-5-11(6-4-10)25-17(18)19/h2-8,17H,1H3,(H,20,22).